The Hall–Kier alpha value is -0.780. The van der Waals surface area contributed by atoms with Crippen LogP contribution in [0.5, 0.6) is 0 Å². The second-order valence-electron chi connectivity index (χ2n) is 5.82. The topological polar surface area (TPSA) is 0 Å². The van der Waals surface area contributed by atoms with Crippen molar-refractivity contribution in [1.82, 2.24) is 0 Å². The predicted molar refractivity (Wildman–Crippen MR) is 80.3 cm³/mol. The van der Waals surface area contributed by atoms with Crippen LogP contribution in [0.25, 0.3) is 0 Å². The van der Waals surface area contributed by atoms with Crippen LogP contribution in [-0.4, -0.2) is 0 Å². The van der Waals surface area contributed by atoms with Gasteiger partial charge < -0.3 is 0 Å². The van der Waals surface area contributed by atoms with Gasteiger partial charge in [-0.15, -0.1) is 0 Å². The highest BCUT2D eigenvalue weighted by Crippen LogP contribution is 2.36. The van der Waals surface area contributed by atoms with E-state index in [0.29, 0.717) is 0 Å². The molecule has 2 rings (SSSR count). The van der Waals surface area contributed by atoms with E-state index >= 15 is 0 Å². The van der Waals surface area contributed by atoms with E-state index in [1.54, 1.807) is 16.7 Å². The van der Waals surface area contributed by atoms with E-state index in [4.69, 9.17) is 0 Å². The normalized spacial score (nSPS) is 17.0. The molecule has 0 unspecified atom stereocenters. The van der Waals surface area contributed by atoms with Gasteiger partial charge in [-0.2, -0.15) is 0 Å². The molecule has 0 saturated heterocycles. The fraction of sp³-hybridized carbons (Fsp3) is 0.667. The van der Waals surface area contributed by atoms with Crippen LogP contribution in [0.4, 0.5) is 0 Å². The molecule has 0 aromatic heterocycles. The number of benzene rings is 1. The second-order valence-corrected chi connectivity index (χ2v) is 5.82. The summed E-state index contributed by atoms with van der Waals surface area (Å²) >= 11 is 0. The minimum absolute atomic E-state index is 0.858. The molecule has 0 amide bonds. The predicted octanol–water partition coefficient (Wildman–Crippen LogP) is 5.64. The van der Waals surface area contributed by atoms with Gasteiger partial charge in [-0.05, 0) is 48.3 Å². The molecule has 18 heavy (non-hydrogen) atoms. The zero-order valence-corrected chi connectivity index (χ0v) is 12.2. The Balaban J connectivity index is 2.28. The van der Waals surface area contributed by atoms with Crippen molar-refractivity contribution >= 4 is 0 Å². The van der Waals surface area contributed by atoms with Gasteiger partial charge in [0.1, 0.15) is 0 Å². The molecule has 0 radical (unpaired) electrons. The van der Waals surface area contributed by atoms with E-state index in [9.17, 15) is 0 Å². The zero-order valence-electron chi connectivity index (χ0n) is 12.2. The third kappa shape index (κ3) is 3.16. The lowest BCUT2D eigenvalue weighted by Gasteiger charge is -2.26. The summed E-state index contributed by atoms with van der Waals surface area (Å²) in [4.78, 5) is 0. The first-order chi connectivity index (χ1) is 8.86. The van der Waals surface area contributed by atoms with Crippen molar-refractivity contribution in [3.8, 4) is 0 Å². The smallest absolute Gasteiger partial charge is 0.0159 e. The van der Waals surface area contributed by atoms with Crippen LogP contribution < -0.4 is 0 Å². The Bertz CT molecular complexity index is 358. The second kappa shape index (κ2) is 6.97. The van der Waals surface area contributed by atoms with Crippen molar-refractivity contribution in [1.29, 1.82) is 0 Å². The lowest BCUT2D eigenvalue weighted by Crippen LogP contribution is -2.09. The van der Waals surface area contributed by atoms with Crippen LogP contribution in [0, 0.1) is 0 Å². The van der Waals surface area contributed by atoms with Gasteiger partial charge in [0, 0.05) is 0 Å². The van der Waals surface area contributed by atoms with Crippen LogP contribution in [0.2, 0.25) is 0 Å². The van der Waals surface area contributed by atoms with Crippen molar-refractivity contribution in [2.24, 2.45) is 0 Å². The maximum Gasteiger partial charge on any atom is -0.0159 e. The zero-order chi connectivity index (χ0) is 12.8. The first-order valence-electron chi connectivity index (χ1n) is 7.97. The molecule has 0 N–H and O–H groups in total. The Morgan fingerprint density at radius 2 is 1.67 bits per heavy atom. The van der Waals surface area contributed by atoms with Gasteiger partial charge >= 0.3 is 0 Å². The molecule has 0 spiro atoms. The average molecular weight is 244 g/mol. The summed E-state index contributed by atoms with van der Waals surface area (Å²) in [6.07, 6.45) is 12.3. The van der Waals surface area contributed by atoms with Gasteiger partial charge in [0.15, 0.2) is 0 Å². The third-order valence-corrected chi connectivity index (χ3v) is 4.37. The quantitative estimate of drug-likeness (QED) is 0.629. The maximum atomic E-state index is 2.42. The highest BCUT2D eigenvalue weighted by Gasteiger charge is 2.19. The Kier molecular flexibility index (Phi) is 5.28. The van der Waals surface area contributed by atoms with Gasteiger partial charge in [0.25, 0.3) is 0 Å². The van der Waals surface area contributed by atoms with Crippen LogP contribution in [0.1, 0.15) is 81.4 Å². The number of hydrogen-bond donors (Lipinski definition) is 0. The number of rotatable bonds is 5. The minimum atomic E-state index is 0.858. The molecule has 1 aromatic carbocycles. The molecular weight excluding hydrogens is 216 g/mol. The van der Waals surface area contributed by atoms with Crippen molar-refractivity contribution in [2.75, 3.05) is 0 Å². The molecule has 0 heterocycles. The molecule has 0 aliphatic heterocycles. The summed E-state index contributed by atoms with van der Waals surface area (Å²) in [5.41, 5.74) is 5.03. The third-order valence-electron chi connectivity index (χ3n) is 4.37. The Morgan fingerprint density at radius 1 is 0.944 bits per heavy atom. The van der Waals surface area contributed by atoms with E-state index in [-0.39, 0.29) is 0 Å². The molecule has 0 heteroatoms. The fourth-order valence-electron chi connectivity index (χ4n) is 3.51. The van der Waals surface area contributed by atoms with Crippen LogP contribution in [0.15, 0.2) is 18.2 Å². The van der Waals surface area contributed by atoms with Gasteiger partial charge in [0.05, 0.1) is 0 Å². The Morgan fingerprint density at radius 3 is 2.33 bits per heavy atom. The van der Waals surface area contributed by atoms with Crippen LogP contribution in [0.3, 0.4) is 0 Å². The minimum Gasteiger partial charge on any atom is -0.0651 e. The summed E-state index contributed by atoms with van der Waals surface area (Å²) < 4.78 is 0. The first kappa shape index (κ1) is 13.6. The lowest BCUT2D eigenvalue weighted by molar-refractivity contribution is 0.441. The standard InChI is InChI=1S/C18H28/c1-3-9-15-13-8-14-18(17(15)10-4-2)16-11-6-5-7-12-16/h8,13-14,16H,3-7,9-12H2,1-2H3. The molecule has 1 aromatic rings. The molecule has 100 valence electrons. The van der Waals surface area contributed by atoms with Crippen molar-refractivity contribution in [3.05, 3.63) is 34.9 Å². The van der Waals surface area contributed by atoms with Gasteiger partial charge in [-0.25, -0.2) is 0 Å². The largest absolute Gasteiger partial charge is 0.0651 e. The van der Waals surface area contributed by atoms with E-state index in [1.807, 2.05) is 0 Å². The molecule has 0 atom stereocenters. The monoisotopic (exact) mass is 244 g/mol. The summed E-state index contributed by atoms with van der Waals surface area (Å²) in [6.45, 7) is 4.61. The van der Waals surface area contributed by atoms with Gasteiger partial charge in [-0.1, -0.05) is 64.2 Å². The van der Waals surface area contributed by atoms with Crippen molar-refractivity contribution < 1.29 is 0 Å². The van der Waals surface area contributed by atoms with Crippen molar-refractivity contribution in [3.63, 3.8) is 0 Å². The summed E-state index contributed by atoms with van der Waals surface area (Å²) in [6, 6.07) is 7.08. The van der Waals surface area contributed by atoms with E-state index in [1.165, 1.54) is 57.8 Å². The fourth-order valence-corrected chi connectivity index (χ4v) is 3.51. The van der Waals surface area contributed by atoms with Gasteiger partial charge in [0.2, 0.25) is 0 Å². The highest BCUT2D eigenvalue weighted by molar-refractivity contribution is 5.38. The summed E-state index contributed by atoms with van der Waals surface area (Å²) in [7, 11) is 0. The van der Waals surface area contributed by atoms with E-state index in [2.05, 4.69) is 32.0 Å². The Labute approximate surface area is 113 Å². The SMILES string of the molecule is CCCc1cccc(C2CCCCC2)c1CCC. The lowest BCUT2D eigenvalue weighted by atomic mass is 9.80. The summed E-state index contributed by atoms with van der Waals surface area (Å²) in [5.74, 6) is 0.858. The highest BCUT2D eigenvalue weighted by atomic mass is 14.2. The molecular formula is C18H28. The molecule has 0 bridgehead atoms. The molecule has 1 saturated carbocycles. The average Bonchev–Trinajstić information content (AvgIpc) is 2.42. The summed E-state index contributed by atoms with van der Waals surface area (Å²) in [5, 5.41) is 0. The number of aryl methyl sites for hydroxylation is 1. The van der Waals surface area contributed by atoms with Crippen molar-refractivity contribution in [2.45, 2.75) is 77.6 Å². The number of hydrogen-bond acceptors (Lipinski definition) is 0. The molecule has 1 fully saturated rings. The van der Waals surface area contributed by atoms with E-state index < -0.39 is 0 Å². The van der Waals surface area contributed by atoms with Gasteiger partial charge in [-0.3, -0.25) is 0 Å². The maximum absolute atomic E-state index is 2.42. The molecule has 1 aliphatic rings. The van der Waals surface area contributed by atoms with Crippen LogP contribution in [-0.2, 0) is 12.8 Å². The molecule has 0 nitrogen and oxygen atoms in total. The van der Waals surface area contributed by atoms with Crippen LogP contribution >= 0.6 is 0 Å². The molecule has 1 aliphatic carbocycles. The van der Waals surface area contributed by atoms with E-state index in [0.717, 1.165) is 5.92 Å². The first-order valence-corrected chi connectivity index (χ1v) is 7.97.